The summed E-state index contributed by atoms with van der Waals surface area (Å²) in [6.07, 6.45) is 1.20. The Morgan fingerprint density at radius 2 is 2.11 bits per heavy atom. The summed E-state index contributed by atoms with van der Waals surface area (Å²) >= 11 is 0. The van der Waals surface area contributed by atoms with Crippen LogP contribution in [0.5, 0.6) is 0 Å². The van der Waals surface area contributed by atoms with Gasteiger partial charge in [0.1, 0.15) is 6.04 Å². The van der Waals surface area contributed by atoms with Gasteiger partial charge in [-0.2, -0.15) is 0 Å². The summed E-state index contributed by atoms with van der Waals surface area (Å²) in [7, 11) is 0. The summed E-state index contributed by atoms with van der Waals surface area (Å²) in [5, 5.41) is 17.8. The quantitative estimate of drug-likeness (QED) is 0.747. The third-order valence-electron chi connectivity index (χ3n) is 2.59. The molecule has 0 spiro atoms. The fourth-order valence-electron chi connectivity index (χ4n) is 1.68. The number of aromatic nitrogens is 1. The van der Waals surface area contributed by atoms with Crippen molar-refractivity contribution in [3.05, 3.63) is 30.1 Å². The third kappa shape index (κ3) is 4.14. The van der Waals surface area contributed by atoms with Gasteiger partial charge in [0.05, 0.1) is 12.1 Å². The first-order valence-electron chi connectivity index (χ1n) is 5.63. The van der Waals surface area contributed by atoms with Crippen LogP contribution in [0.15, 0.2) is 24.4 Å². The van der Waals surface area contributed by atoms with Crippen molar-refractivity contribution in [1.29, 1.82) is 0 Å². The normalized spacial score (nSPS) is 12.3. The summed E-state index contributed by atoms with van der Waals surface area (Å²) in [6.45, 7) is 2.56. The van der Waals surface area contributed by atoms with Crippen molar-refractivity contribution in [2.75, 3.05) is 6.54 Å². The molecule has 0 aliphatic carbocycles. The molecule has 0 radical (unpaired) electrons. The molecule has 1 aromatic rings. The molecule has 6 nitrogen and oxygen atoms in total. The van der Waals surface area contributed by atoms with Gasteiger partial charge < -0.3 is 10.2 Å². The lowest BCUT2D eigenvalue weighted by Crippen LogP contribution is -2.42. The predicted molar refractivity (Wildman–Crippen MR) is 64.0 cm³/mol. The van der Waals surface area contributed by atoms with Crippen molar-refractivity contribution >= 4 is 11.9 Å². The molecule has 18 heavy (non-hydrogen) atoms. The van der Waals surface area contributed by atoms with Gasteiger partial charge in [0.15, 0.2) is 0 Å². The van der Waals surface area contributed by atoms with Gasteiger partial charge in [0, 0.05) is 12.7 Å². The van der Waals surface area contributed by atoms with E-state index in [2.05, 4.69) is 4.98 Å². The van der Waals surface area contributed by atoms with E-state index in [0.29, 0.717) is 13.1 Å². The number of carbonyl (C=O) groups is 2. The molecular formula is C12H16N2O4. The molecule has 0 aliphatic heterocycles. The molecule has 0 amide bonds. The van der Waals surface area contributed by atoms with Crippen LogP contribution < -0.4 is 0 Å². The average Bonchev–Trinajstić information content (AvgIpc) is 2.34. The van der Waals surface area contributed by atoms with Crippen molar-refractivity contribution < 1.29 is 19.8 Å². The minimum atomic E-state index is -1.13. The molecule has 0 aliphatic rings. The molecule has 1 heterocycles. The Morgan fingerprint density at radius 1 is 1.39 bits per heavy atom. The molecule has 0 saturated carbocycles. The molecule has 0 unspecified atom stereocenters. The summed E-state index contributed by atoms with van der Waals surface area (Å²) < 4.78 is 0. The van der Waals surface area contributed by atoms with Gasteiger partial charge in [0.25, 0.3) is 0 Å². The molecular weight excluding hydrogens is 236 g/mol. The van der Waals surface area contributed by atoms with Gasteiger partial charge in [-0.25, -0.2) is 0 Å². The van der Waals surface area contributed by atoms with Crippen LogP contribution in [-0.4, -0.2) is 44.6 Å². The van der Waals surface area contributed by atoms with Crippen LogP contribution in [0.25, 0.3) is 0 Å². The number of pyridine rings is 1. The molecule has 1 rings (SSSR count). The van der Waals surface area contributed by atoms with Crippen molar-refractivity contribution in [1.82, 2.24) is 9.88 Å². The van der Waals surface area contributed by atoms with Crippen molar-refractivity contribution in [3.63, 3.8) is 0 Å². The molecule has 6 heteroatoms. The monoisotopic (exact) mass is 252 g/mol. The molecule has 0 saturated heterocycles. The first-order chi connectivity index (χ1) is 8.54. The predicted octanol–water partition coefficient (Wildman–Crippen LogP) is 0.831. The minimum absolute atomic E-state index is 0.321. The first kappa shape index (κ1) is 14.1. The Hall–Kier alpha value is -1.95. The lowest BCUT2D eigenvalue weighted by Gasteiger charge is -2.26. The molecule has 0 aromatic carbocycles. The van der Waals surface area contributed by atoms with E-state index in [1.165, 1.54) is 0 Å². The number of hydrogen-bond donors (Lipinski definition) is 2. The number of likely N-dealkylation sites (N-methyl/N-ethyl adjacent to an activating group) is 1. The first-order valence-corrected chi connectivity index (χ1v) is 5.63. The number of nitrogens with zero attached hydrogens (tertiary/aromatic N) is 2. The molecule has 0 fully saturated rings. The molecule has 1 atom stereocenters. The van der Waals surface area contributed by atoms with E-state index in [-0.39, 0.29) is 0 Å². The molecule has 0 bridgehead atoms. The third-order valence-corrected chi connectivity index (χ3v) is 2.59. The highest BCUT2D eigenvalue weighted by molar-refractivity contribution is 5.80. The van der Waals surface area contributed by atoms with Crippen molar-refractivity contribution in [2.24, 2.45) is 0 Å². The largest absolute Gasteiger partial charge is 0.481 e. The second kappa shape index (κ2) is 6.70. The standard InChI is InChI=1S/C12H16N2O4/c1-2-14(8-9-5-3-4-6-13-9)10(12(17)18)7-11(15)16/h3-6,10H,2,7-8H2,1H3,(H,15,16)(H,17,18)/t10-/m0/s1. The maximum atomic E-state index is 11.1. The maximum absolute atomic E-state index is 11.1. The van der Waals surface area contributed by atoms with Gasteiger partial charge in [-0.1, -0.05) is 13.0 Å². The number of carboxylic acids is 2. The maximum Gasteiger partial charge on any atom is 0.321 e. The average molecular weight is 252 g/mol. The van der Waals surface area contributed by atoms with E-state index in [4.69, 9.17) is 10.2 Å². The van der Waals surface area contributed by atoms with Gasteiger partial charge >= 0.3 is 11.9 Å². The summed E-state index contributed by atoms with van der Waals surface area (Å²) in [5.41, 5.74) is 0.719. The van der Waals surface area contributed by atoms with Crippen LogP contribution in [0.3, 0.4) is 0 Å². The zero-order valence-corrected chi connectivity index (χ0v) is 10.1. The van der Waals surface area contributed by atoms with E-state index in [1.54, 1.807) is 30.2 Å². The van der Waals surface area contributed by atoms with E-state index in [1.807, 2.05) is 6.07 Å². The Balaban J connectivity index is 2.79. The fourth-order valence-corrected chi connectivity index (χ4v) is 1.68. The minimum Gasteiger partial charge on any atom is -0.481 e. The SMILES string of the molecule is CCN(Cc1ccccn1)[C@@H](CC(=O)O)C(=O)O. The molecule has 1 aromatic heterocycles. The van der Waals surface area contributed by atoms with Crippen LogP contribution in [-0.2, 0) is 16.1 Å². The van der Waals surface area contributed by atoms with E-state index in [0.717, 1.165) is 5.69 Å². The highest BCUT2D eigenvalue weighted by Gasteiger charge is 2.27. The van der Waals surface area contributed by atoms with Gasteiger partial charge in [-0.3, -0.25) is 19.5 Å². The van der Waals surface area contributed by atoms with E-state index >= 15 is 0 Å². The smallest absolute Gasteiger partial charge is 0.321 e. The number of rotatable bonds is 7. The molecule has 98 valence electrons. The Bertz CT molecular complexity index is 408. The highest BCUT2D eigenvalue weighted by Crippen LogP contribution is 2.09. The zero-order valence-electron chi connectivity index (χ0n) is 10.1. The summed E-state index contributed by atoms with van der Waals surface area (Å²) in [5.74, 6) is -2.25. The molecule has 2 N–H and O–H groups in total. The van der Waals surface area contributed by atoms with Gasteiger partial charge in [0.2, 0.25) is 0 Å². The Morgan fingerprint density at radius 3 is 2.56 bits per heavy atom. The van der Waals surface area contributed by atoms with Crippen LogP contribution in [0.4, 0.5) is 0 Å². The second-order valence-corrected chi connectivity index (χ2v) is 3.84. The second-order valence-electron chi connectivity index (χ2n) is 3.84. The lowest BCUT2D eigenvalue weighted by atomic mass is 10.1. The van der Waals surface area contributed by atoms with Crippen LogP contribution in [0, 0.1) is 0 Å². The Kier molecular flexibility index (Phi) is 5.26. The van der Waals surface area contributed by atoms with Crippen LogP contribution in [0.2, 0.25) is 0 Å². The fraction of sp³-hybridized carbons (Fsp3) is 0.417. The number of hydrogen-bond acceptors (Lipinski definition) is 4. The number of aliphatic carboxylic acids is 2. The number of carboxylic acid groups (broad SMARTS) is 2. The van der Waals surface area contributed by atoms with Gasteiger partial charge in [-0.05, 0) is 18.7 Å². The zero-order chi connectivity index (χ0) is 13.5. The summed E-state index contributed by atoms with van der Waals surface area (Å²) in [4.78, 5) is 27.5. The van der Waals surface area contributed by atoms with Gasteiger partial charge in [-0.15, -0.1) is 0 Å². The highest BCUT2D eigenvalue weighted by atomic mass is 16.4. The van der Waals surface area contributed by atoms with Crippen LogP contribution >= 0.6 is 0 Å². The Labute approximate surface area is 105 Å². The van der Waals surface area contributed by atoms with E-state index < -0.39 is 24.4 Å². The van der Waals surface area contributed by atoms with E-state index in [9.17, 15) is 9.59 Å². The summed E-state index contributed by atoms with van der Waals surface area (Å²) in [6, 6.07) is 4.33. The lowest BCUT2D eigenvalue weighted by molar-refractivity contribution is -0.150. The van der Waals surface area contributed by atoms with Crippen molar-refractivity contribution in [3.8, 4) is 0 Å². The van der Waals surface area contributed by atoms with Crippen LogP contribution in [0.1, 0.15) is 19.0 Å². The van der Waals surface area contributed by atoms with Crippen molar-refractivity contribution in [2.45, 2.75) is 25.9 Å². The topological polar surface area (TPSA) is 90.7 Å².